The Balaban J connectivity index is 2.17. The molecule has 2 N–H and O–H groups in total. The molecule has 0 aliphatic heterocycles. The highest BCUT2D eigenvalue weighted by Gasteiger charge is 2.34. The van der Waals surface area contributed by atoms with Crippen LogP contribution in [-0.4, -0.2) is 51.8 Å². The van der Waals surface area contributed by atoms with Crippen molar-refractivity contribution in [3.05, 3.63) is 33.8 Å². The van der Waals surface area contributed by atoms with Gasteiger partial charge in [0.1, 0.15) is 6.23 Å². The van der Waals surface area contributed by atoms with Gasteiger partial charge in [0, 0.05) is 25.7 Å². The van der Waals surface area contributed by atoms with Crippen molar-refractivity contribution < 1.29 is 33.6 Å². The quantitative estimate of drug-likeness (QED) is 0.174. The van der Waals surface area contributed by atoms with Crippen LogP contribution in [0.3, 0.4) is 0 Å². The molecule has 1 aromatic carbocycles. The summed E-state index contributed by atoms with van der Waals surface area (Å²) in [5.74, 6) is -0.349. The van der Waals surface area contributed by atoms with Gasteiger partial charge in [0.05, 0.1) is 21.5 Å². The molecule has 1 aromatic rings. The normalized spacial score (nSPS) is 18.8. The highest BCUT2D eigenvalue weighted by Crippen LogP contribution is 2.46. The molecule has 0 saturated heterocycles. The number of aliphatic hydroxyl groups is 1. The molecule has 0 spiro atoms. The summed E-state index contributed by atoms with van der Waals surface area (Å²) in [4.78, 5) is 37.1. The predicted molar refractivity (Wildman–Crippen MR) is 145 cm³/mol. The first-order valence-electron chi connectivity index (χ1n) is 12.7. The zero-order valence-corrected chi connectivity index (χ0v) is 24.7. The Morgan fingerprint density at radius 2 is 1.73 bits per heavy atom. The first-order valence-corrected chi connectivity index (χ1v) is 15.5. The van der Waals surface area contributed by atoms with Crippen molar-refractivity contribution in [2.75, 3.05) is 12.3 Å². The maximum atomic E-state index is 13.2. The van der Waals surface area contributed by atoms with E-state index < -0.39 is 43.4 Å². The largest absolute Gasteiger partial charge is 0.425 e. The Bertz CT molecular complexity index is 978. The van der Waals surface area contributed by atoms with E-state index in [1.54, 1.807) is 45.9 Å². The van der Waals surface area contributed by atoms with E-state index in [1.165, 1.54) is 6.92 Å². The number of ether oxygens (including phenoxy) is 2. The molecule has 1 fully saturated rings. The van der Waals surface area contributed by atoms with Crippen LogP contribution in [0.15, 0.2) is 18.2 Å². The Morgan fingerprint density at radius 3 is 2.30 bits per heavy atom. The molecule has 1 aliphatic rings. The number of benzene rings is 1. The lowest BCUT2D eigenvalue weighted by Crippen LogP contribution is -2.44. The monoisotopic (exact) mass is 579 g/mol. The van der Waals surface area contributed by atoms with Gasteiger partial charge in [-0.15, -0.1) is 0 Å². The maximum Gasteiger partial charge on any atom is 0.415 e. The third kappa shape index (κ3) is 10.1. The Kier molecular flexibility index (Phi) is 11.8. The van der Waals surface area contributed by atoms with Crippen molar-refractivity contribution in [1.82, 2.24) is 4.90 Å². The van der Waals surface area contributed by atoms with Crippen molar-refractivity contribution in [3.8, 4) is 0 Å². The van der Waals surface area contributed by atoms with Crippen molar-refractivity contribution in [1.29, 1.82) is 0 Å². The maximum absolute atomic E-state index is 13.2. The summed E-state index contributed by atoms with van der Waals surface area (Å²) in [7, 11) is -3.51. The van der Waals surface area contributed by atoms with Crippen LogP contribution in [-0.2, 0) is 18.8 Å². The molecular weight excluding hydrogens is 540 g/mol. The standard InChI is InChI=1S/C26H40Cl2NO7P/c1-17(20-11-12-21(27)22(28)15-20)29(25(32)36-18(2)35-24(31)26(3,4)5)23(30)13-14-37(33,34)16-19-9-7-6-8-10-19/h11-12,15,17-19,23,30H,6-10,13-14,16H2,1-5H3,(H,33,34)/t17-,18?,23?/m1/s1. The van der Waals surface area contributed by atoms with E-state index in [0.717, 1.165) is 37.0 Å². The van der Waals surface area contributed by atoms with Gasteiger partial charge in [-0.2, -0.15) is 0 Å². The average Bonchev–Trinajstić information content (AvgIpc) is 2.79. The van der Waals surface area contributed by atoms with Crippen LogP contribution in [0, 0.1) is 11.3 Å². The van der Waals surface area contributed by atoms with Gasteiger partial charge < -0.3 is 19.5 Å². The topological polar surface area (TPSA) is 113 Å². The zero-order valence-electron chi connectivity index (χ0n) is 22.3. The van der Waals surface area contributed by atoms with E-state index in [9.17, 15) is 24.2 Å². The second-order valence-corrected chi connectivity index (χ2v) is 14.2. The van der Waals surface area contributed by atoms with E-state index in [1.807, 2.05) is 0 Å². The summed E-state index contributed by atoms with van der Waals surface area (Å²) < 4.78 is 23.5. The number of carbonyl (C=O) groups excluding carboxylic acids is 2. The van der Waals surface area contributed by atoms with Gasteiger partial charge in [0.2, 0.25) is 13.7 Å². The van der Waals surface area contributed by atoms with E-state index in [-0.39, 0.29) is 29.7 Å². The van der Waals surface area contributed by atoms with Crippen LogP contribution >= 0.6 is 30.6 Å². The van der Waals surface area contributed by atoms with E-state index >= 15 is 0 Å². The molecule has 4 atom stereocenters. The number of amides is 1. The Labute approximate surface area is 230 Å². The van der Waals surface area contributed by atoms with Crippen LogP contribution in [0.25, 0.3) is 0 Å². The molecule has 0 bridgehead atoms. The lowest BCUT2D eigenvalue weighted by atomic mass is 9.91. The molecule has 2 rings (SSSR count). The van der Waals surface area contributed by atoms with E-state index in [0.29, 0.717) is 10.6 Å². The fourth-order valence-electron chi connectivity index (χ4n) is 4.35. The Hall–Kier alpha value is -1.31. The van der Waals surface area contributed by atoms with Crippen LogP contribution in [0.2, 0.25) is 10.0 Å². The molecule has 0 radical (unpaired) electrons. The van der Waals surface area contributed by atoms with Crippen LogP contribution in [0.5, 0.6) is 0 Å². The third-order valence-corrected chi connectivity index (χ3v) is 9.32. The fourth-order valence-corrected chi connectivity index (χ4v) is 6.64. The number of halogens is 2. The van der Waals surface area contributed by atoms with Gasteiger partial charge in [-0.25, -0.2) is 4.79 Å². The van der Waals surface area contributed by atoms with Crippen LogP contribution in [0.1, 0.15) is 84.7 Å². The van der Waals surface area contributed by atoms with Crippen molar-refractivity contribution in [2.45, 2.75) is 91.7 Å². The molecule has 37 heavy (non-hydrogen) atoms. The molecule has 11 heteroatoms. The smallest absolute Gasteiger partial charge is 0.415 e. The molecule has 0 heterocycles. The number of aliphatic hydroxyl groups excluding tert-OH is 1. The molecule has 210 valence electrons. The second kappa shape index (κ2) is 13.7. The lowest BCUT2D eigenvalue weighted by molar-refractivity contribution is -0.177. The van der Waals surface area contributed by atoms with Crippen LogP contribution < -0.4 is 0 Å². The summed E-state index contributed by atoms with van der Waals surface area (Å²) in [6, 6.07) is 4.07. The number of carbonyl (C=O) groups is 2. The van der Waals surface area contributed by atoms with Gasteiger partial charge in [-0.05, 0) is 64.2 Å². The predicted octanol–water partition coefficient (Wildman–Crippen LogP) is 6.99. The highest BCUT2D eigenvalue weighted by atomic mass is 35.5. The first kappa shape index (κ1) is 31.9. The van der Waals surface area contributed by atoms with Gasteiger partial charge in [0.25, 0.3) is 0 Å². The molecule has 1 saturated carbocycles. The van der Waals surface area contributed by atoms with Gasteiger partial charge >= 0.3 is 12.1 Å². The van der Waals surface area contributed by atoms with Crippen LogP contribution in [0.4, 0.5) is 4.79 Å². The fraction of sp³-hybridized carbons (Fsp3) is 0.692. The molecular formula is C26H40Cl2NO7P. The Morgan fingerprint density at radius 1 is 1.11 bits per heavy atom. The highest BCUT2D eigenvalue weighted by molar-refractivity contribution is 7.58. The second-order valence-electron chi connectivity index (χ2n) is 10.9. The SMILES string of the molecule is CC(OC(=O)N(C(O)CCP(=O)(O)CC1CCCCC1)[C@H](C)c1ccc(Cl)c(Cl)c1)OC(=O)C(C)(C)C. The summed E-state index contributed by atoms with van der Waals surface area (Å²) in [5, 5.41) is 11.7. The molecule has 1 amide bonds. The summed E-state index contributed by atoms with van der Waals surface area (Å²) in [6.07, 6.45) is 1.49. The van der Waals surface area contributed by atoms with E-state index in [4.69, 9.17) is 32.7 Å². The average molecular weight is 580 g/mol. The minimum atomic E-state index is -3.51. The number of hydrogen-bond donors (Lipinski definition) is 2. The van der Waals surface area contributed by atoms with Gasteiger partial charge in [-0.1, -0.05) is 48.5 Å². The minimum absolute atomic E-state index is 0.128. The van der Waals surface area contributed by atoms with E-state index in [2.05, 4.69) is 0 Å². The number of hydrogen-bond acceptors (Lipinski definition) is 6. The van der Waals surface area contributed by atoms with Crippen molar-refractivity contribution in [2.24, 2.45) is 11.3 Å². The van der Waals surface area contributed by atoms with Crippen molar-refractivity contribution >= 4 is 42.6 Å². The number of rotatable bonds is 10. The number of esters is 1. The summed E-state index contributed by atoms with van der Waals surface area (Å²) >= 11 is 12.2. The van der Waals surface area contributed by atoms with Gasteiger partial charge in [-0.3, -0.25) is 14.3 Å². The third-order valence-electron chi connectivity index (χ3n) is 6.53. The number of nitrogens with zero attached hydrogens (tertiary/aromatic N) is 1. The zero-order chi connectivity index (χ0) is 28.0. The molecule has 8 nitrogen and oxygen atoms in total. The molecule has 3 unspecified atom stereocenters. The summed E-state index contributed by atoms with van der Waals surface area (Å²) in [5.41, 5.74) is -0.229. The molecule has 1 aliphatic carbocycles. The minimum Gasteiger partial charge on any atom is -0.425 e. The molecule has 0 aromatic heterocycles. The van der Waals surface area contributed by atoms with Crippen molar-refractivity contribution in [3.63, 3.8) is 0 Å². The van der Waals surface area contributed by atoms with Gasteiger partial charge in [0.15, 0.2) is 0 Å². The lowest BCUT2D eigenvalue weighted by Gasteiger charge is -2.34. The summed E-state index contributed by atoms with van der Waals surface area (Å²) in [6.45, 7) is 8.09. The first-order chi connectivity index (χ1) is 17.1.